The minimum absolute atomic E-state index is 0.445. The lowest BCUT2D eigenvalue weighted by molar-refractivity contribution is 0.762. The average Bonchev–Trinajstić information content (AvgIpc) is 2.85. The molecule has 0 aliphatic heterocycles. The van der Waals surface area contributed by atoms with E-state index < -0.39 is 0 Å². The third-order valence-corrected chi connectivity index (χ3v) is 2.92. The average molecular weight is 281 g/mol. The predicted octanol–water partition coefficient (Wildman–Crippen LogP) is 3.05. The van der Waals surface area contributed by atoms with Crippen molar-refractivity contribution in [3.63, 3.8) is 0 Å². The Morgan fingerprint density at radius 2 is 2.05 bits per heavy atom. The van der Waals surface area contributed by atoms with Crippen molar-refractivity contribution < 1.29 is 0 Å². The van der Waals surface area contributed by atoms with Gasteiger partial charge in [0.2, 0.25) is 5.96 Å². The molecule has 1 heterocycles. The van der Waals surface area contributed by atoms with Crippen LogP contribution in [0.1, 0.15) is 18.3 Å². The second-order valence-electron chi connectivity index (χ2n) is 4.77. The molecule has 0 amide bonds. The lowest BCUT2D eigenvalue weighted by Gasteiger charge is -2.06. The maximum atomic E-state index is 4.37. The first-order valence-corrected chi connectivity index (χ1v) is 6.63. The highest BCUT2D eigenvalue weighted by atomic mass is 15.1. The van der Waals surface area contributed by atoms with E-state index in [-0.39, 0.29) is 0 Å². The summed E-state index contributed by atoms with van der Waals surface area (Å²) in [5.41, 5.74) is 2.78. The Labute approximate surface area is 124 Å². The number of hydrogen-bond acceptors (Lipinski definition) is 2. The summed E-state index contributed by atoms with van der Waals surface area (Å²) in [7, 11) is 0. The fraction of sp³-hybridized carbons (Fsp3) is 0.188. The third kappa shape index (κ3) is 4.14. The number of aryl methyl sites for hydroxylation is 1. The molecule has 0 atom stereocenters. The standard InChI is InChI=1S/C16H19N5/c1-12(2)19-16(17-4)20-15-7-5-14(6-8-15)11-21-10-9-18-13(21)3/h5-10H,1,4,11H2,2-3H3,(H,19,20). The van der Waals surface area contributed by atoms with Crippen molar-refractivity contribution in [2.24, 2.45) is 9.98 Å². The van der Waals surface area contributed by atoms with Crippen molar-refractivity contribution >= 4 is 18.4 Å². The highest BCUT2D eigenvalue weighted by Gasteiger charge is 2.00. The van der Waals surface area contributed by atoms with Gasteiger partial charge in [-0.2, -0.15) is 0 Å². The first-order valence-electron chi connectivity index (χ1n) is 6.63. The molecular formula is C16H19N5. The van der Waals surface area contributed by atoms with Gasteiger partial charge in [-0.3, -0.25) is 0 Å². The Balaban J connectivity index is 2.11. The van der Waals surface area contributed by atoms with Crippen LogP contribution in [0.15, 0.2) is 58.9 Å². The fourth-order valence-corrected chi connectivity index (χ4v) is 1.86. The zero-order valence-electron chi connectivity index (χ0n) is 12.4. The SMILES string of the molecule is C=NC(=Nc1ccc(Cn2ccnc2C)cc1)NC(=C)C. The molecule has 5 heteroatoms. The van der Waals surface area contributed by atoms with Crippen LogP contribution in [0.4, 0.5) is 5.69 Å². The number of guanidine groups is 1. The molecular weight excluding hydrogens is 262 g/mol. The quantitative estimate of drug-likeness (QED) is 0.691. The van der Waals surface area contributed by atoms with Crippen LogP contribution in [0, 0.1) is 6.92 Å². The molecule has 0 fully saturated rings. The first kappa shape index (κ1) is 14.7. The lowest BCUT2D eigenvalue weighted by Crippen LogP contribution is -2.17. The smallest absolute Gasteiger partial charge is 0.226 e. The monoisotopic (exact) mass is 281 g/mol. The normalized spacial score (nSPS) is 11.2. The van der Waals surface area contributed by atoms with Crippen molar-refractivity contribution in [1.29, 1.82) is 0 Å². The number of rotatable bonds is 4. The van der Waals surface area contributed by atoms with E-state index in [1.165, 1.54) is 5.56 Å². The number of allylic oxidation sites excluding steroid dienone is 1. The molecule has 0 spiro atoms. The van der Waals surface area contributed by atoms with Crippen LogP contribution in [-0.4, -0.2) is 22.2 Å². The van der Waals surface area contributed by atoms with E-state index in [1.54, 1.807) is 6.20 Å². The van der Waals surface area contributed by atoms with E-state index in [0.29, 0.717) is 5.96 Å². The van der Waals surface area contributed by atoms with Crippen LogP contribution in [0.2, 0.25) is 0 Å². The number of imidazole rings is 1. The Morgan fingerprint density at radius 1 is 1.33 bits per heavy atom. The zero-order chi connectivity index (χ0) is 15.2. The van der Waals surface area contributed by atoms with Crippen molar-refractivity contribution in [2.75, 3.05) is 0 Å². The first-order chi connectivity index (χ1) is 10.1. The second kappa shape index (κ2) is 6.65. The van der Waals surface area contributed by atoms with Gasteiger partial charge in [0, 0.05) is 24.6 Å². The number of nitrogens with one attached hydrogen (secondary N) is 1. The van der Waals surface area contributed by atoms with E-state index in [1.807, 2.05) is 44.3 Å². The van der Waals surface area contributed by atoms with Gasteiger partial charge in [-0.1, -0.05) is 18.7 Å². The number of nitrogens with zero attached hydrogens (tertiary/aromatic N) is 4. The van der Waals surface area contributed by atoms with E-state index in [4.69, 9.17) is 0 Å². The molecule has 0 bridgehead atoms. The zero-order valence-corrected chi connectivity index (χ0v) is 12.4. The van der Waals surface area contributed by atoms with Crippen LogP contribution in [-0.2, 0) is 6.54 Å². The summed E-state index contributed by atoms with van der Waals surface area (Å²) in [6, 6.07) is 7.99. The largest absolute Gasteiger partial charge is 0.331 e. The molecule has 2 aromatic rings. The van der Waals surface area contributed by atoms with Gasteiger partial charge in [-0.15, -0.1) is 0 Å². The summed E-state index contributed by atoms with van der Waals surface area (Å²) in [6.07, 6.45) is 3.78. The summed E-state index contributed by atoms with van der Waals surface area (Å²) in [5, 5.41) is 2.95. The van der Waals surface area contributed by atoms with Crippen molar-refractivity contribution in [3.05, 3.63) is 60.3 Å². The number of aliphatic imine (C=N–C) groups is 2. The van der Waals surface area contributed by atoms with Crippen molar-refractivity contribution in [2.45, 2.75) is 20.4 Å². The van der Waals surface area contributed by atoms with Crippen LogP contribution < -0.4 is 5.32 Å². The summed E-state index contributed by atoms with van der Waals surface area (Å²) in [4.78, 5) is 12.4. The van der Waals surface area contributed by atoms with Crippen LogP contribution in [0.5, 0.6) is 0 Å². The van der Waals surface area contributed by atoms with E-state index in [2.05, 4.69) is 38.1 Å². The Bertz CT molecular complexity index is 664. The minimum Gasteiger partial charge on any atom is -0.331 e. The molecule has 5 nitrogen and oxygen atoms in total. The molecule has 0 saturated carbocycles. The summed E-state index contributed by atoms with van der Waals surface area (Å²) < 4.78 is 2.09. The molecule has 2 rings (SSSR count). The Hall–Kier alpha value is -2.69. The van der Waals surface area contributed by atoms with Gasteiger partial charge in [0.05, 0.1) is 5.69 Å². The van der Waals surface area contributed by atoms with Gasteiger partial charge in [0.15, 0.2) is 0 Å². The Kier molecular flexibility index (Phi) is 4.66. The fourth-order valence-electron chi connectivity index (χ4n) is 1.86. The highest BCUT2D eigenvalue weighted by molar-refractivity contribution is 5.87. The molecule has 0 saturated heterocycles. The molecule has 0 unspecified atom stereocenters. The molecule has 0 aliphatic rings. The van der Waals surface area contributed by atoms with Crippen molar-refractivity contribution in [1.82, 2.24) is 14.9 Å². The minimum atomic E-state index is 0.445. The number of aromatic nitrogens is 2. The summed E-state index contributed by atoms with van der Waals surface area (Å²) in [6.45, 7) is 11.9. The molecule has 0 radical (unpaired) electrons. The van der Waals surface area contributed by atoms with E-state index >= 15 is 0 Å². The number of hydrogen-bond donors (Lipinski definition) is 1. The maximum Gasteiger partial charge on any atom is 0.226 e. The van der Waals surface area contributed by atoms with Crippen LogP contribution in [0.25, 0.3) is 0 Å². The van der Waals surface area contributed by atoms with Crippen LogP contribution >= 0.6 is 0 Å². The van der Waals surface area contributed by atoms with E-state index in [0.717, 1.165) is 23.8 Å². The Morgan fingerprint density at radius 3 is 2.57 bits per heavy atom. The molecule has 1 N–H and O–H groups in total. The number of benzene rings is 1. The van der Waals surface area contributed by atoms with E-state index in [9.17, 15) is 0 Å². The predicted molar refractivity (Wildman–Crippen MR) is 87.1 cm³/mol. The molecule has 1 aromatic carbocycles. The van der Waals surface area contributed by atoms with Gasteiger partial charge >= 0.3 is 0 Å². The molecule has 0 aliphatic carbocycles. The van der Waals surface area contributed by atoms with Gasteiger partial charge in [0.25, 0.3) is 0 Å². The van der Waals surface area contributed by atoms with Gasteiger partial charge < -0.3 is 9.88 Å². The second-order valence-corrected chi connectivity index (χ2v) is 4.77. The van der Waals surface area contributed by atoms with Gasteiger partial charge in [-0.05, 0) is 38.3 Å². The lowest BCUT2D eigenvalue weighted by atomic mass is 10.2. The third-order valence-electron chi connectivity index (χ3n) is 2.92. The van der Waals surface area contributed by atoms with Crippen molar-refractivity contribution in [3.8, 4) is 0 Å². The molecule has 108 valence electrons. The summed E-state index contributed by atoms with van der Waals surface area (Å²) in [5.74, 6) is 1.45. The highest BCUT2D eigenvalue weighted by Crippen LogP contribution is 2.14. The summed E-state index contributed by atoms with van der Waals surface area (Å²) >= 11 is 0. The molecule has 21 heavy (non-hydrogen) atoms. The van der Waals surface area contributed by atoms with Crippen LogP contribution in [0.3, 0.4) is 0 Å². The van der Waals surface area contributed by atoms with Gasteiger partial charge in [-0.25, -0.2) is 15.0 Å². The molecule has 1 aromatic heterocycles. The topological polar surface area (TPSA) is 54.6 Å². The maximum absolute atomic E-state index is 4.37. The van der Waals surface area contributed by atoms with Gasteiger partial charge in [0.1, 0.15) is 5.82 Å².